The third kappa shape index (κ3) is 1.91. The van der Waals surface area contributed by atoms with E-state index >= 15 is 0 Å². The van der Waals surface area contributed by atoms with E-state index in [2.05, 4.69) is 24.2 Å². The van der Waals surface area contributed by atoms with E-state index in [9.17, 15) is 0 Å². The van der Waals surface area contributed by atoms with Crippen LogP contribution in [0.25, 0.3) is 0 Å². The van der Waals surface area contributed by atoms with Gasteiger partial charge in [-0.3, -0.25) is 4.99 Å². The Morgan fingerprint density at radius 1 is 1.39 bits per heavy atom. The van der Waals surface area contributed by atoms with Crippen molar-refractivity contribution in [2.75, 3.05) is 13.2 Å². The van der Waals surface area contributed by atoms with E-state index < -0.39 is 0 Å². The Bertz CT molecular complexity index is 349. The van der Waals surface area contributed by atoms with Crippen LogP contribution in [-0.4, -0.2) is 31.3 Å². The summed E-state index contributed by atoms with van der Waals surface area (Å²) in [6.45, 7) is 6.32. The SMILES string of the molecule is CC1(C)C(NC(N)=NCC2CCC2)C2CCOC21. The summed E-state index contributed by atoms with van der Waals surface area (Å²) in [6.07, 6.45) is 5.58. The van der Waals surface area contributed by atoms with Crippen molar-refractivity contribution in [3.8, 4) is 0 Å². The molecule has 3 aliphatic rings. The van der Waals surface area contributed by atoms with Crippen LogP contribution in [0, 0.1) is 17.3 Å². The predicted molar refractivity (Wildman–Crippen MR) is 72.4 cm³/mol. The van der Waals surface area contributed by atoms with Crippen LogP contribution in [0.3, 0.4) is 0 Å². The van der Waals surface area contributed by atoms with Gasteiger partial charge >= 0.3 is 0 Å². The fraction of sp³-hybridized carbons (Fsp3) is 0.929. The zero-order valence-corrected chi connectivity index (χ0v) is 11.5. The maximum Gasteiger partial charge on any atom is 0.188 e. The van der Waals surface area contributed by atoms with Gasteiger partial charge in [-0.25, -0.2) is 0 Å². The van der Waals surface area contributed by atoms with Gasteiger partial charge in [-0.05, 0) is 25.2 Å². The summed E-state index contributed by atoms with van der Waals surface area (Å²) >= 11 is 0. The van der Waals surface area contributed by atoms with Crippen LogP contribution in [0.2, 0.25) is 0 Å². The molecule has 3 N–H and O–H groups in total. The van der Waals surface area contributed by atoms with E-state index in [0.29, 0.717) is 24.0 Å². The van der Waals surface area contributed by atoms with Crippen LogP contribution < -0.4 is 11.1 Å². The molecule has 3 rings (SSSR count). The molecule has 18 heavy (non-hydrogen) atoms. The van der Waals surface area contributed by atoms with E-state index in [-0.39, 0.29) is 5.41 Å². The van der Waals surface area contributed by atoms with Crippen molar-refractivity contribution in [1.29, 1.82) is 0 Å². The van der Waals surface area contributed by atoms with Crippen LogP contribution in [-0.2, 0) is 4.74 Å². The molecule has 3 unspecified atom stereocenters. The lowest BCUT2D eigenvalue weighted by atomic mass is 9.57. The average molecular weight is 251 g/mol. The first-order chi connectivity index (χ1) is 8.59. The Labute approximate surface area is 109 Å². The second kappa shape index (κ2) is 4.41. The van der Waals surface area contributed by atoms with Crippen molar-refractivity contribution in [2.24, 2.45) is 28.0 Å². The van der Waals surface area contributed by atoms with Gasteiger partial charge in [0.05, 0.1) is 6.10 Å². The van der Waals surface area contributed by atoms with E-state index in [1.165, 1.54) is 19.3 Å². The Morgan fingerprint density at radius 2 is 2.17 bits per heavy atom. The number of aliphatic imine (C=N–C) groups is 1. The number of guanidine groups is 1. The maximum atomic E-state index is 6.01. The fourth-order valence-corrected chi connectivity index (χ4v) is 3.73. The monoisotopic (exact) mass is 251 g/mol. The second-order valence-electron chi connectivity index (χ2n) is 6.71. The molecule has 0 aromatic heterocycles. The van der Waals surface area contributed by atoms with Crippen LogP contribution >= 0.6 is 0 Å². The molecule has 102 valence electrons. The Kier molecular flexibility index (Phi) is 3.00. The van der Waals surface area contributed by atoms with Gasteiger partial charge in [0.1, 0.15) is 0 Å². The molecule has 0 bridgehead atoms. The molecule has 3 atom stereocenters. The molecule has 4 heteroatoms. The predicted octanol–water partition coefficient (Wildman–Crippen LogP) is 1.50. The standard InChI is InChI=1S/C14H25N3O/c1-14(2)11(10-6-7-18-12(10)14)17-13(15)16-8-9-4-3-5-9/h9-12H,3-8H2,1-2H3,(H3,15,16,17). The van der Waals surface area contributed by atoms with Crippen molar-refractivity contribution in [1.82, 2.24) is 5.32 Å². The molecule has 0 aromatic carbocycles. The number of hydrogen-bond donors (Lipinski definition) is 2. The van der Waals surface area contributed by atoms with Gasteiger partial charge in [0.2, 0.25) is 0 Å². The molecule has 1 heterocycles. The van der Waals surface area contributed by atoms with Gasteiger partial charge in [0.15, 0.2) is 5.96 Å². The molecular formula is C14H25N3O. The molecule has 3 fully saturated rings. The zero-order valence-electron chi connectivity index (χ0n) is 11.5. The minimum absolute atomic E-state index is 0.178. The summed E-state index contributed by atoms with van der Waals surface area (Å²) < 4.78 is 5.78. The number of nitrogens with two attached hydrogens (primary N) is 1. The van der Waals surface area contributed by atoms with Gasteiger partial charge < -0.3 is 15.8 Å². The summed E-state index contributed by atoms with van der Waals surface area (Å²) in [5, 5.41) is 3.43. The van der Waals surface area contributed by atoms with Crippen molar-refractivity contribution in [3.63, 3.8) is 0 Å². The summed E-state index contributed by atoms with van der Waals surface area (Å²) in [5.74, 6) is 2.03. The van der Waals surface area contributed by atoms with Crippen LogP contribution in [0.4, 0.5) is 0 Å². The molecule has 1 saturated heterocycles. The largest absolute Gasteiger partial charge is 0.377 e. The highest BCUT2D eigenvalue weighted by Crippen LogP contribution is 2.51. The molecule has 0 spiro atoms. The number of nitrogens with zero attached hydrogens (tertiary/aromatic N) is 1. The summed E-state index contributed by atoms with van der Waals surface area (Å²) in [5.41, 5.74) is 6.19. The fourth-order valence-electron chi connectivity index (χ4n) is 3.73. The highest BCUT2D eigenvalue weighted by Gasteiger charge is 2.59. The Balaban J connectivity index is 1.55. The first-order valence-corrected chi connectivity index (χ1v) is 7.27. The third-order valence-electron chi connectivity index (χ3n) is 5.15. The topological polar surface area (TPSA) is 59.6 Å². The molecular weight excluding hydrogens is 226 g/mol. The normalized spacial score (nSPS) is 38.8. The van der Waals surface area contributed by atoms with Crippen molar-refractivity contribution >= 4 is 5.96 Å². The lowest BCUT2D eigenvalue weighted by Gasteiger charge is -2.54. The molecule has 0 radical (unpaired) electrons. The maximum absolute atomic E-state index is 6.01. The van der Waals surface area contributed by atoms with E-state index in [0.717, 1.165) is 25.5 Å². The van der Waals surface area contributed by atoms with Crippen molar-refractivity contribution < 1.29 is 4.74 Å². The molecule has 0 aromatic rings. The zero-order chi connectivity index (χ0) is 12.8. The second-order valence-corrected chi connectivity index (χ2v) is 6.71. The van der Waals surface area contributed by atoms with Gasteiger partial charge in [0, 0.05) is 30.5 Å². The Hall–Kier alpha value is -0.770. The van der Waals surface area contributed by atoms with E-state index in [1.54, 1.807) is 0 Å². The highest BCUT2D eigenvalue weighted by atomic mass is 16.5. The van der Waals surface area contributed by atoms with Crippen LogP contribution in [0.5, 0.6) is 0 Å². The van der Waals surface area contributed by atoms with E-state index in [1.807, 2.05) is 0 Å². The Morgan fingerprint density at radius 3 is 2.83 bits per heavy atom. The number of nitrogens with one attached hydrogen (secondary N) is 1. The smallest absolute Gasteiger partial charge is 0.188 e. The molecule has 0 amide bonds. The van der Waals surface area contributed by atoms with Gasteiger partial charge in [-0.15, -0.1) is 0 Å². The van der Waals surface area contributed by atoms with Gasteiger partial charge in [-0.2, -0.15) is 0 Å². The minimum Gasteiger partial charge on any atom is -0.377 e. The summed E-state index contributed by atoms with van der Waals surface area (Å²) in [6, 6.07) is 0.426. The number of fused-ring (bicyclic) bond motifs is 1. The number of hydrogen-bond acceptors (Lipinski definition) is 2. The van der Waals surface area contributed by atoms with Gasteiger partial charge in [-0.1, -0.05) is 20.3 Å². The number of ether oxygens (including phenoxy) is 1. The molecule has 2 aliphatic carbocycles. The quantitative estimate of drug-likeness (QED) is 0.590. The number of rotatable bonds is 3. The summed E-state index contributed by atoms with van der Waals surface area (Å²) in [7, 11) is 0. The molecule has 1 aliphatic heterocycles. The van der Waals surface area contributed by atoms with Crippen molar-refractivity contribution in [3.05, 3.63) is 0 Å². The molecule has 2 saturated carbocycles. The minimum atomic E-state index is 0.178. The first-order valence-electron chi connectivity index (χ1n) is 7.27. The van der Waals surface area contributed by atoms with Crippen LogP contribution in [0.15, 0.2) is 4.99 Å². The lowest BCUT2D eigenvalue weighted by molar-refractivity contribution is -0.106. The summed E-state index contributed by atoms with van der Waals surface area (Å²) in [4.78, 5) is 4.49. The van der Waals surface area contributed by atoms with E-state index in [4.69, 9.17) is 10.5 Å². The van der Waals surface area contributed by atoms with Crippen molar-refractivity contribution in [2.45, 2.75) is 51.7 Å². The first kappa shape index (κ1) is 12.3. The average Bonchev–Trinajstić information content (AvgIpc) is 2.70. The van der Waals surface area contributed by atoms with Gasteiger partial charge in [0.25, 0.3) is 0 Å². The highest BCUT2D eigenvalue weighted by molar-refractivity contribution is 5.78. The molecule has 4 nitrogen and oxygen atoms in total. The lowest BCUT2D eigenvalue weighted by Crippen LogP contribution is -2.67. The third-order valence-corrected chi connectivity index (χ3v) is 5.15. The van der Waals surface area contributed by atoms with Crippen LogP contribution in [0.1, 0.15) is 39.5 Å².